The Labute approximate surface area is 86.4 Å². The highest BCUT2D eigenvalue weighted by Gasteiger charge is 2.22. The van der Waals surface area contributed by atoms with E-state index >= 15 is 0 Å². The Bertz CT molecular complexity index is 217. The van der Waals surface area contributed by atoms with Crippen LogP contribution in [0.25, 0.3) is 0 Å². The molecule has 3 nitrogen and oxygen atoms in total. The van der Waals surface area contributed by atoms with Crippen LogP contribution in [0.3, 0.4) is 0 Å². The number of nitrogens with two attached hydrogens (primary N) is 1. The predicted molar refractivity (Wildman–Crippen MR) is 59.2 cm³/mol. The van der Waals surface area contributed by atoms with Gasteiger partial charge in [-0.3, -0.25) is 4.99 Å². The van der Waals surface area contributed by atoms with Crippen LogP contribution in [-0.4, -0.2) is 30.5 Å². The average molecular weight is 195 g/mol. The van der Waals surface area contributed by atoms with Gasteiger partial charge in [0.15, 0.2) is 5.96 Å². The van der Waals surface area contributed by atoms with E-state index in [0.29, 0.717) is 0 Å². The van der Waals surface area contributed by atoms with Crippen LogP contribution in [0, 0.1) is 11.8 Å². The van der Waals surface area contributed by atoms with Crippen molar-refractivity contribution in [3.8, 4) is 0 Å². The summed E-state index contributed by atoms with van der Waals surface area (Å²) in [5.74, 6) is 2.57. The van der Waals surface area contributed by atoms with E-state index in [-0.39, 0.29) is 0 Å². The molecule has 0 spiro atoms. The van der Waals surface area contributed by atoms with Gasteiger partial charge in [0.05, 0.1) is 6.54 Å². The van der Waals surface area contributed by atoms with Gasteiger partial charge in [0.1, 0.15) is 0 Å². The number of aliphatic imine (C=N–C) groups is 1. The van der Waals surface area contributed by atoms with E-state index < -0.39 is 0 Å². The van der Waals surface area contributed by atoms with E-state index in [1.807, 2.05) is 0 Å². The topological polar surface area (TPSA) is 41.6 Å². The van der Waals surface area contributed by atoms with Crippen molar-refractivity contribution in [2.45, 2.75) is 32.6 Å². The Morgan fingerprint density at radius 2 is 2.07 bits per heavy atom. The zero-order valence-electron chi connectivity index (χ0n) is 9.08. The van der Waals surface area contributed by atoms with Gasteiger partial charge >= 0.3 is 0 Å². The van der Waals surface area contributed by atoms with Gasteiger partial charge in [-0.05, 0) is 24.7 Å². The molecule has 1 aliphatic heterocycles. The molecule has 14 heavy (non-hydrogen) atoms. The Balaban J connectivity index is 1.78. The summed E-state index contributed by atoms with van der Waals surface area (Å²) in [6.45, 7) is 5.44. The van der Waals surface area contributed by atoms with Crippen molar-refractivity contribution in [2.24, 2.45) is 22.6 Å². The van der Waals surface area contributed by atoms with Crippen molar-refractivity contribution in [1.29, 1.82) is 0 Å². The van der Waals surface area contributed by atoms with Crippen molar-refractivity contribution < 1.29 is 0 Å². The number of guanidine groups is 1. The fraction of sp³-hybridized carbons (Fsp3) is 0.909. The molecule has 2 aliphatic rings. The van der Waals surface area contributed by atoms with Crippen LogP contribution in [0.4, 0.5) is 0 Å². The van der Waals surface area contributed by atoms with E-state index in [4.69, 9.17) is 5.73 Å². The van der Waals surface area contributed by atoms with Gasteiger partial charge in [-0.1, -0.05) is 19.8 Å². The van der Waals surface area contributed by atoms with E-state index in [2.05, 4.69) is 16.8 Å². The third-order valence-electron chi connectivity index (χ3n) is 3.58. The molecule has 2 rings (SSSR count). The molecule has 0 aromatic heterocycles. The minimum absolute atomic E-state index is 0.767. The number of hydrogen-bond acceptors (Lipinski definition) is 3. The third-order valence-corrected chi connectivity index (χ3v) is 3.58. The Morgan fingerprint density at radius 3 is 2.64 bits per heavy atom. The van der Waals surface area contributed by atoms with Crippen LogP contribution in [0.5, 0.6) is 0 Å². The second kappa shape index (κ2) is 4.20. The molecular weight excluding hydrogens is 174 g/mol. The van der Waals surface area contributed by atoms with Crippen LogP contribution in [-0.2, 0) is 0 Å². The van der Waals surface area contributed by atoms with Gasteiger partial charge in [0.2, 0.25) is 0 Å². The fourth-order valence-electron chi connectivity index (χ4n) is 2.51. The van der Waals surface area contributed by atoms with Crippen molar-refractivity contribution in [3.05, 3.63) is 0 Å². The van der Waals surface area contributed by atoms with Gasteiger partial charge < -0.3 is 10.6 Å². The highest BCUT2D eigenvalue weighted by molar-refractivity contribution is 5.79. The lowest BCUT2D eigenvalue weighted by atomic mass is 9.83. The molecule has 80 valence electrons. The molecule has 3 heteroatoms. The summed E-state index contributed by atoms with van der Waals surface area (Å²) >= 11 is 0. The maximum Gasteiger partial charge on any atom is 0.191 e. The molecule has 0 radical (unpaired) electrons. The van der Waals surface area contributed by atoms with Gasteiger partial charge in [-0.2, -0.15) is 0 Å². The van der Waals surface area contributed by atoms with Crippen molar-refractivity contribution in [1.82, 2.24) is 4.90 Å². The second-order valence-corrected chi connectivity index (χ2v) is 4.81. The standard InChI is InChI=1S/C11H21N3/c1-9-2-4-10(5-3-9)8-14-7-6-13-11(14)12/h9-10H,2-8H2,1H3,(H2,12,13). The Kier molecular flexibility index (Phi) is 2.94. The molecular formula is C11H21N3. The van der Waals surface area contributed by atoms with Crippen LogP contribution >= 0.6 is 0 Å². The monoisotopic (exact) mass is 195 g/mol. The quantitative estimate of drug-likeness (QED) is 0.724. The molecule has 0 amide bonds. The summed E-state index contributed by atoms with van der Waals surface area (Å²) < 4.78 is 0. The van der Waals surface area contributed by atoms with E-state index in [1.54, 1.807) is 0 Å². The van der Waals surface area contributed by atoms with E-state index in [9.17, 15) is 0 Å². The van der Waals surface area contributed by atoms with Crippen LogP contribution in [0.2, 0.25) is 0 Å². The lowest BCUT2D eigenvalue weighted by molar-refractivity contribution is 0.244. The smallest absolute Gasteiger partial charge is 0.191 e. The summed E-state index contributed by atoms with van der Waals surface area (Å²) in [7, 11) is 0. The maximum atomic E-state index is 5.80. The molecule has 1 aliphatic carbocycles. The molecule has 0 aromatic rings. The van der Waals surface area contributed by atoms with Crippen LogP contribution < -0.4 is 5.73 Å². The van der Waals surface area contributed by atoms with Gasteiger partial charge in [0.25, 0.3) is 0 Å². The minimum Gasteiger partial charge on any atom is -0.370 e. The normalized spacial score (nSPS) is 33.2. The molecule has 2 N–H and O–H groups in total. The van der Waals surface area contributed by atoms with Gasteiger partial charge in [0, 0.05) is 13.1 Å². The predicted octanol–water partition coefficient (Wildman–Crippen LogP) is 1.44. The SMILES string of the molecule is CC1CCC(CN2CCN=C2N)CC1. The lowest BCUT2D eigenvalue weighted by Crippen LogP contribution is -2.38. The summed E-state index contributed by atoms with van der Waals surface area (Å²) in [6.07, 6.45) is 5.56. The van der Waals surface area contributed by atoms with Crippen LogP contribution in [0.15, 0.2) is 4.99 Å². The molecule has 1 fully saturated rings. The zero-order chi connectivity index (χ0) is 9.97. The van der Waals surface area contributed by atoms with E-state index in [1.165, 1.54) is 25.7 Å². The summed E-state index contributed by atoms with van der Waals surface area (Å²) in [5.41, 5.74) is 5.80. The minimum atomic E-state index is 0.767. The zero-order valence-corrected chi connectivity index (χ0v) is 9.08. The number of nitrogens with zero attached hydrogens (tertiary/aromatic N) is 2. The molecule has 0 unspecified atom stereocenters. The first-order valence-corrected chi connectivity index (χ1v) is 5.80. The lowest BCUT2D eigenvalue weighted by Gasteiger charge is -2.30. The average Bonchev–Trinajstić information content (AvgIpc) is 2.56. The first-order chi connectivity index (χ1) is 6.75. The van der Waals surface area contributed by atoms with Crippen molar-refractivity contribution >= 4 is 5.96 Å². The molecule has 0 aromatic carbocycles. The molecule has 0 saturated heterocycles. The first kappa shape index (κ1) is 9.81. The van der Waals surface area contributed by atoms with Gasteiger partial charge in [-0.15, -0.1) is 0 Å². The molecule has 1 heterocycles. The van der Waals surface area contributed by atoms with E-state index in [0.717, 1.165) is 37.4 Å². The number of hydrogen-bond donors (Lipinski definition) is 1. The summed E-state index contributed by atoms with van der Waals surface area (Å²) in [4.78, 5) is 6.47. The maximum absolute atomic E-state index is 5.80. The molecule has 0 bridgehead atoms. The van der Waals surface area contributed by atoms with Crippen LogP contribution in [0.1, 0.15) is 32.6 Å². The largest absolute Gasteiger partial charge is 0.370 e. The summed E-state index contributed by atoms with van der Waals surface area (Å²) in [5, 5.41) is 0. The fourth-order valence-corrected chi connectivity index (χ4v) is 2.51. The van der Waals surface area contributed by atoms with Crippen molar-refractivity contribution in [3.63, 3.8) is 0 Å². The Hall–Kier alpha value is -0.730. The Morgan fingerprint density at radius 1 is 1.36 bits per heavy atom. The van der Waals surface area contributed by atoms with Gasteiger partial charge in [-0.25, -0.2) is 0 Å². The third kappa shape index (κ3) is 2.20. The number of rotatable bonds is 2. The highest BCUT2D eigenvalue weighted by Crippen LogP contribution is 2.28. The first-order valence-electron chi connectivity index (χ1n) is 5.80. The second-order valence-electron chi connectivity index (χ2n) is 4.81. The molecule has 1 saturated carbocycles. The van der Waals surface area contributed by atoms with Crippen molar-refractivity contribution in [2.75, 3.05) is 19.6 Å². The summed E-state index contributed by atoms with van der Waals surface area (Å²) in [6, 6.07) is 0. The highest BCUT2D eigenvalue weighted by atomic mass is 15.3. The molecule has 0 atom stereocenters.